The highest BCUT2D eigenvalue weighted by molar-refractivity contribution is 14.0. The second kappa shape index (κ2) is 13.1. The van der Waals surface area contributed by atoms with E-state index in [0.29, 0.717) is 43.2 Å². The molecule has 6 nitrogen and oxygen atoms in total. The van der Waals surface area contributed by atoms with Crippen LogP contribution in [0.5, 0.6) is 5.75 Å². The Labute approximate surface area is 202 Å². The summed E-state index contributed by atoms with van der Waals surface area (Å²) in [6.45, 7) is 3.03. The van der Waals surface area contributed by atoms with E-state index in [0.717, 1.165) is 18.4 Å². The fourth-order valence-electron chi connectivity index (χ4n) is 3.72. The van der Waals surface area contributed by atoms with E-state index in [9.17, 15) is 9.18 Å². The van der Waals surface area contributed by atoms with Crippen LogP contribution in [0.4, 0.5) is 4.39 Å². The number of aliphatic imine (C=N–C) groups is 1. The van der Waals surface area contributed by atoms with Gasteiger partial charge in [-0.1, -0.05) is 25.3 Å². The van der Waals surface area contributed by atoms with E-state index in [4.69, 9.17) is 4.74 Å². The zero-order chi connectivity index (χ0) is 21.3. The lowest BCUT2D eigenvalue weighted by Gasteiger charge is -2.23. The third-order valence-electron chi connectivity index (χ3n) is 5.82. The fraction of sp³-hybridized carbons (Fsp3) is 0.652. The molecule has 174 valence electrons. The highest BCUT2D eigenvalue weighted by Gasteiger charge is 2.22. The van der Waals surface area contributed by atoms with Gasteiger partial charge in [0.15, 0.2) is 17.5 Å². The van der Waals surface area contributed by atoms with Crippen molar-refractivity contribution in [1.82, 2.24) is 16.0 Å². The highest BCUT2D eigenvalue weighted by atomic mass is 127. The molecule has 2 fully saturated rings. The molecule has 1 unspecified atom stereocenters. The van der Waals surface area contributed by atoms with Crippen molar-refractivity contribution in [3.8, 4) is 5.75 Å². The number of guanidine groups is 1. The van der Waals surface area contributed by atoms with Crippen LogP contribution in [0.1, 0.15) is 69.9 Å². The van der Waals surface area contributed by atoms with Crippen LogP contribution in [0, 0.1) is 11.7 Å². The van der Waals surface area contributed by atoms with E-state index in [1.54, 1.807) is 13.1 Å². The van der Waals surface area contributed by atoms with Crippen LogP contribution >= 0.6 is 24.0 Å². The average Bonchev–Trinajstić information content (AvgIpc) is 3.57. The Balaban J connectivity index is 0.00000341. The maximum atomic E-state index is 14.3. The molecule has 1 aromatic rings. The van der Waals surface area contributed by atoms with Crippen LogP contribution in [-0.2, 0) is 4.79 Å². The van der Waals surface area contributed by atoms with Gasteiger partial charge in [-0.05, 0) is 56.2 Å². The Morgan fingerprint density at radius 3 is 2.61 bits per heavy atom. The van der Waals surface area contributed by atoms with Crippen molar-refractivity contribution in [3.63, 3.8) is 0 Å². The maximum Gasteiger partial charge on any atom is 0.221 e. The average molecular weight is 546 g/mol. The molecule has 3 N–H and O–H groups in total. The monoisotopic (exact) mass is 546 g/mol. The first-order chi connectivity index (χ1) is 14.5. The van der Waals surface area contributed by atoms with Gasteiger partial charge in [-0.2, -0.15) is 0 Å². The van der Waals surface area contributed by atoms with Gasteiger partial charge in [0.25, 0.3) is 0 Å². The molecule has 0 heterocycles. The van der Waals surface area contributed by atoms with Gasteiger partial charge >= 0.3 is 0 Å². The zero-order valence-electron chi connectivity index (χ0n) is 18.6. The molecule has 1 aromatic carbocycles. The van der Waals surface area contributed by atoms with E-state index in [2.05, 4.69) is 20.9 Å². The number of benzene rings is 1. The first kappa shape index (κ1) is 25.7. The van der Waals surface area contributed by atoms with Crippen LogP contribution in [0.25, 0.3) is 0 Å². The first-order valence-electron chi connectivity index (χ1n) is 11.2. The van der Waals surface area contributed by atoms with E-state index < -0.39 is 0 Å². The molecule has 0 spiro atoms. The quantitative estimate of drug-likeness (QED) is 0.246. The van der Waals surface area contributed by atoms with Crippen molar-refractivity contribution in [1.29, 1.82) is 0 Å². The van der Waals surface area contributed by atoms with Gasteiger partial charge < -0.3 is 20.7 Å². The number of amides is 1. The lowest BCUT2D eigenvalue weighted by Crippen LogP contribution is -2.42. The molecule has 1 amide bonds. The number of nitrogens with zero attached hydrogens (tertiary/aromatic N) is 1. The van der Waals surface area contributed by atoms with Crippen LogP contribution in [0.2, 0.25) is 0 Å². The SMILES string of the molecule is CN=C(NCCC(=O)NC1CCCCC1)NC(C)c1ccc(OCC2CC2)c(F)c1.I. The Kier molecular flexibility index (Phi) is 10.8. The van der Waals surface area contributed by atoms with Gasteiger partial charge in [-0.3, -0.25) is 9.79 Å². The van der Waals surface area contributed by atoms with Crippen molar-refractivity contribution in [2.45, 2.75) is 70.4 Å². The number of hydrogen-bond acceptors (Lipinski definition) is 3. The van der Waals surface area contributed by atoms with Crippen molar-refractivity contribution < 1.29 is 13.9 Å². The number of nitrogens with one attached hydrogen (secondary N) is 3. The molecule has 8 heteroatoms. The van der Waals surface area contributed by atoms with Crippen LogP contribution in [-0.4, -0.2) is 38.1 Å². The third kappa shape index (κ3) is 8.82. The molecule has 2 saturated carbocycles. The fourth-order valence-corrected chi connectivity index (χ4v) is 3.72. The second-order valence-corrected chi connectivity index (χ2v) is 8.46. The van der Waals surface area contributed by atoms with Crippen molar-refractivity contribution >= 4 is 35.8 Å². The lowest BCUT2D eigenvalue weighted by molar-refractivity contribution is -0.121. The van der Waals surface area contributed by atoms with E-state index in [1.807, 2.05) is 13.0 Å². The summed E-state index contributed by atoms with van der Waals surface area (Å²) in [6.07, 6.45) is 8.59. The van der Waals surface area contributed by atoms with Gasteiger partial charge in [-0.25, -0.2) is 4.39 Å². The molecule has 31 heavy (non-hydrogen) atoms. The molecule has 2 aliphatic carbocycles. The molecule has 0 radical (unpaired) electrons. The Hall–Kier alpha value is -1.58. The number of halogens is 2. The summed E-state index contributed by atoms with van der Waals surface area (Å²) >= 11 is 0. The highest BCUT2D eigenvalue weighted by Crippen LogP contribution is 2.30. The molecular weight excluding hydrogens is 510 g/mol. The number of rotatable bonds is 9. The molecule has 3 rings (SSSR count). The predicted octanol–water partition coefficient (Wildman–Crippen LogP) is 4.30. The minimum absolute atomic E-state index is 0. The largest absolute Gasteiger partial charge is 0.490 e. The number of carbonyl (C=O) groups excluding carboxylic acids is 1. The third-order valence-corrected chi connectivity index (χ3v) is 5.82. The standard InChI is InChI=1S/C23H35FN4O2.HI/c1-16(18-10-11-21(20(24)14-18)30-15-17-8-9-17)27-23(25-2)26-13-12-22(29)28-19-6-4-3-5-7-19;/h10-11,14,16-17,19H,3-9,12-13,15H2,1-2H3,(H,28,29)(H2,25,26,27);1H. The van der Waals surface area contributed by atoms with Crippen LogP contribution in [0.3, 0.4) is 0 Å². The minimum Gasteiger partial charge on any atom is -0.490 e. The van der Waals surface area contributed by atoms with Crippen LogP contribution < -0.4 is 20.7 Å². The molecule has 0 aliphatic heterocycles. The van der Waals surface area contributed by atoms with Gasteiger partial charge in [-0.15, -0.1) is 24.0 Å². The Morgan fingerprint density at radius 2 is 1.97 bits per heavy atom. The predicted molar refractivity (Wildman–Crippen MR) is 133 cm³/mol. The summed E-state index contributed by atoms with van der Waals surface area (Å²) in [5, 5.41) is 9.53. The lowest BCUT2D eigenvalue weighted by atomic mass is 9.95. The van der Waals surface area contributed by atoms with Crippen molar-refractivity contribution in [2.24, 2.45) is 10.9 Å². The Morgan fingerprint density at radius 1 is 1.23 bits per heavy atom. The van der Waals surface area contributed by atoms with Crippen molar-refractivity contribution in [3.05, 3.63) is 29.6 Å². The minimum atomic E-state index is -0.343. The summed E-state index contributed by atoms with van der Waals surface area (Å²) < 4.78 is 19.9. The van der Waals surface area contributed by atoms with Gasteiger partial charge in [0.05, 0.1) is 12.6 Å². The topological polar surface area (TPSA) is 74.8 Å². The van der Waals surface area contributed by atoms with E-state index in [-0.39, 0.29) is 41.7 Å². The number of carbonyl (C=O) groups is 1. The number of ether oxygens (including phenoxy) is 1. The molecule has 0 aromatic heterocycles. The summed E-state index contributed by atoms with van der Waals surface area (Å²) in [5.74, 6) is 1.21. The second-order valence-electron chi connectivity index (χ2n) is 8.46. The summed E-state index contributed by atoms with van der Waals surface area (Å²) in [5.41, 5.74) is 0.810. The molecular formula is C23H36FIN4O2. The van der Waals surface area contributed by atoms with E-state index in [1.165, 1.54) is 38.2 Å². The zero-order valence-corrected chi connectivity index (χ0v) is 20.9. The summed E-state index contributed by atoms with van der Waals surface area (Å²) in [4.78, 5) is 16.3. The molecule has 0 bridgehead atoms. The Bertz CT molecular complexity index is 736. The molecule has 2 aliphatic rings. The van der Waals surface area contributed by atoms with Crippen LogP contribution in [0.15, 0.2) is 23.2 Å². The summed E-state index contributed by atoms with van der Waals surface area (Å²) in [7, 11) is 1.68. The maximum absolute atomic E-state index is 14.3. The normalized spacial score (nSPS) is 18.0. The smallest absolute Gasteiger partial charge is 0.221 e. The van der Waals surface area contributed by atoms with Gasteiger partial charge in [0, 0.05) is 26.1 Å². The molecule has 1 atom stereocenters. The van der Waals surface area contributed by atoms with Gasteiger partial charge in [0.1, 0.15) is 0 Å². The first-order valence-corrected chi connectivity index (χ1v) is 11.2. The van der Waals surface area contributed by atoms with E-state index >= 15 is 0 Å². The molecule has 0 saturated heterocycles. The number of hydrogen-bond donors (Lipinski definition) is 3. The van der Waals surface area contributed by atoms with Crippen molar-refractivity contribution in [2.75, 3.05) is 20.2 Å². The summed E-state index contributed by atoms with van der Waals surface area (Å²) in [6, 6.07) is 5.25. The van der Waals surface area contributed by atoms with Gasteiger partial charge in [0.2, 0.25) is 5.91 Å².